The molecule has 16 heavy (non-hydrogen) atoms. The summed E-state index contributed by atoms with van der Waals surface area (Å²) in [7, 11) is 1.79. The van der Waals surface area contributed by atoms with Crippen molar-refractivity contribution < 1.29 is 4.39 Å². The molecule has 0 spiro atoms. The molecule has 0 fully saturated rings. The second-order valence-corrected chi connectivity index (χ2v) is 3.48. The van der Waals surface area contributed by atoms with Gasteiger partial charge in [0.1, 0.15) is 11.6 Å². The van der Waals surface area contributed by atoms with Crippen LogP contribution in [0.25, 0.3) is 11.4 Å². The molecule has 0 amide bonds. The minimum absolute atomic E-state index is 0.284. The summed E-state index contributed by atoms with van der Waals surface area (Å²) in [5.74, 6) is 0.976. The van der Waals surface area contributed by atoms with E-state index in [2.05, 4.69) is 15.3 Å². The van der Waals surface area contributed by atoms with Crippen molar-refractivity contribution in [3.8, 4) is 11.4 Å². The summed E-state index contributed by atoms with van der Waals surface area (Å²) >= 11 is 0. The van der Waals surface area contributed by atoms with Gasteiger partial charge in [-0.2, -0.15) is 0 Å². The van der Waals surface area contributed by atoms with Gasteiger partial charge in [-0.25, -0.2) is 14.4 Å². The maximum atomic E-state index is 13.1. The molecule has 0 aliphatic carbocycles. The quantitative estimate of drug-likeness (QED) is 0.840. The van der Waals surface area contributed by atoms with Crippen molar-refractivity contribution >= 4 is 5.82 Å². The van der Waals surface area contributed by atoms with Crippen molar-refractivity contribution in [2.75, 3.05) is 12.4 Å². The van der Waals surface area contributed by atoms with Crippen LogP contribution in [0.3, 0.4) is 0 Å². The molecular formula is C12H12FN3. The highest BCUT2D eigenvalue weighted by molar-refractivity contribution is 5.57. The van der Waals surface area contributed by atoms with E-state index in [0.717, 1.165) is 11.5 Å². The number of halogens is 1. The largest absolute Gasteiger partial charge is 0.373 e. The van der Waals surface area contributed by atoms with Gasteiger partial charge in [0, 0.05) is 24.4 Å². The van der Waals surface area contributed by atoms with E-state index in [9.17, 15) is 4.39 Å². The third-order valence-corrected chi connectivity index (χ3v) is 2.19. The van der Waals surface area contributed by atoms with Crippen LogP contribution < -0.4 is 5.32 Å². The van der Waals surface area contributed by atoms with Crippen molar-refractivity contribution in [2.24, 2.45) is 0 Å². The zero-order valence-electron chi connectivity index (χ0n) is 9.16. The second-order valence-electron chi connectivity index (χ2n) is 3.48. The van der Waals surface area contributed by atoms with E-state index in [4.69, 9.17) is 0 Å². The molecule has 82 valence electrons. The number of hydrogen-bond donors (Lipinski definition) is 1. The van der Waals surface area contributed by atoms with E-state index >= 15 is 0 Å². The lowest BCUT2D eigenvalue weighted by Crippen LogP contribution is -1.98. The highest BCUT2D eigenvalue weighted by Crippen LogP contribution is 2.18. The molecule has 1 heterocycles. The summed E-state index contributed by atoms with van der Waals surface area (Å²) in [4.78, 5) is 8.55. The van der Waals surface area contributed by atoms with Gasteiger partial charge in [-0.15, -0.1) is 0 Å². The van der Waals surface area contributed by atoms with Crippen molar-refractivity contribution in [1.82, 2.24) is 9.97 Å². The van der Waals surface area contributed by atoms with Crippen LogP contribution in [-0.2, 0) is 0 Å². The van der Waals surface area contributed by atoms with E-state index in [1.807, 2.05) is 13.0 Å². The molecule has 1 aromatic heterocycles. The molecule has 0 radical (unpaired) electrons. The molecule has 0 atom stereocenters. The maximum Gasteiger partial charge on any atom is 0.161 e. The van der Waals surface area contributed by atoms with E-state index in [-0.39, 0.29) is 5.82 Å². The lowest BCUT2D eigenvalue weighted by molar-refractivity contribution is 0.628. The minimum atomic E-state index is -0.284. The van der Waals surface area contributed by atoms with Gasteiger partial charge in [0.25, 0.3) is 0 Å². The number of benzene rings is 1. The van der Waals surface area contributed by atoms with Crippen LogP contribution in [0, 0.1) is 12.7 Å². The summed E-state index contributed by atoms with van der Waals surface area (Å²) in [5.41, 5.74) is 1.53. The lowest BCUT2D eigenvalue weighted by Gasteiger charge is -2.05. The van der Waals surface area contributed by atoms with Crippen molar-refractivity contribution in [3.63, 3.8) is 0 Å². The average Bonchev–Trinajstić information content (AvgIpc) is 2.28. The minimum Gasteiger partial charge on any atom is -0.373 e. The molecule has 0 bridgehead atoms. The monoisotopic (exact) mass is 217 g/mol. The Hall–Kier alpha value is -1.97. The van der Waals surface area contributed by atoms with E-state index in [0.29, 0.717) is 11.4 Å². The number of hydrogen-bond acceptors (Lipinski definition) is 3. The van der Waals surface area contributed by atoms with Crippen molar-refractivity contribution in [3.05, 3.63) is 41.8 Å². The lowest BCUT2D eigenvalue weighted by atomic mass is 10.2. The van der Waals surface area contributed by atoms with Gasteiger partial charge in [0.15, 0.2) is 5.82 Å². The van der Waals surface area contributed by atoms with Crippen LogP contribution in [0.1, 0.15) is 5.69 Å². The first-order valence-corrected chi connectivity index (χ1v) is 4.98. The Kier molecular flexibility index (Phi) is 2.81. The highest BCUT2D eigenvalue weighted by Gasteiger charge is 2.04. The summed E-state index contributed by atoms with van der Waals surface area (Å²) < 4.78 is 13.1. The van der Waals surface area contributed by atoms with Gasteiger partial charge < -0.3 is 5.32 Å². The Morgan fingerprint density at radius 3 is 2.69 bits per heavy atom. The molecule has 2 rings (SSSR count). The Balaban J connectivity index is 2.51. The van der Waals surface area contributed by atoms with Crippen molar-refractivity contribution in [2.45, 2.75) is 6.92 Å². The molecule has 1 aromatic carbocycles. The van der Waals surface area contributed by atoms with Crippen LogP contribution in [0.15, 0.2) is 30.3 Å². The van der Waals surface area contributed by atoms with E-state index < -0.39 is 0 Å². The summed E-state index contributed by atoms with van der Waals surface area (Å²) in [6.07, 6.45) is 0. The summed E-state index contributed by atoms with van der Waals surface area (Å²) in [5, 5.41) is 2.95. The average molecular weight is 217 g/mol. The van der Waals surface area contributed by atoms with Gasteiger partial charge >= 0.3 is 0 Å². The Morgan fingerprint density at radius 1 is 1.19 bits per heavy atom. The number of aromatic nitrogens is 2. The first kappa shape index (κ1) is 10.5. The first-order chi connectivity index (χ1) is 7.69. The van der Waals surface area contributed by atoms with Gasteiger partial charge in [-0.05, 0) is 19.1 Å². The van der Waals surface area contributed by atoms with Gasteiger partial charge in [0.05, 0.1) is 0 Å². The number of anilines is 1. The fraction of sp³-hybridized carbons (Fsp3) is 0.167. The Bertz CT molecular complexity index is 511. The zero-order chi connectivity index (χ0) is 11.5. The predicted molar refractivity (Wildman–Crippen MR) is 61.7 cm³/mol. The van der Waals surface area contributed by atoms with Gasteiger partial charge in [-0.1, -0.05) is 12.1 Å². The molecule has 0 unspecified atom stereocenters. The van der Waals surface area contributed by atoms with Crippen LogP contribution in [0.4, 0.5) is 10.2 Å². The molecule has 0 aliphatic heterocycles. The fourth-order valence-corrected chi connectivity index (χ4v) is 1.45. The van der Waals surface area contributed by atoms with E-state index in [1.165, 1.54) is 12.1 Å². The molecule has 0 saturated heterocycles. The van der Waals surface area contributed by atoms with Crippen LogP contribution in [0.2, 0.25) is 0 Å². The maximum absolute atomic E-state index is 13.1. The smallest absolute Gasteiger partial charge is 0.161 e. The molecule has 0 saturated carbocycles. The van der Waals surface area contributed by atoms with Crippen LogP contribution in [-0.4, -0.2) is 17.0 Å². The number of nitrogens with zero attached hydrogens (tertiary/aromatic N) is 2. The van der Waals surface area contributed by atoms with Crippen molar-refractivity contribution in [1.29, 1.82) is 0 Å². The molecule has 2 aromatic rings. The first-order valence-electron chi connectivity index (χ1n) is 4.98. The second kappa shape index (κ2) is 4.26. The van der Waals surface area contributed by atoms with Gasteiger partial charge in [0.2, 0.25) is 0 Å². The topological polar surface area (TPSA) is 37.8 Å². The molecule has 0 aliphatic rings. The Labute approximate surface area is 93.4 Å². The highest BCUT2D eigenvalue weighted by atomic mass is 19.1. The van der Waals surface area contributed by atoms with Crippen LogP contribution in [0.5, 0.6) is 0 Å². The SMILES string of the molecule is CNc1cc(C)nc(-c2cccc(F)c2)n1. The third-order valence-electron chi connectivity index (χ3n) is 2.19. The third kappa shape index (κ3) is 2.16. The number of nitrogens with one attached hydrogen (secondary N) is 1. The molecule has 4 heteroatoms. The predicted octanol–water partition coefficient (Wildman–Crippen LogP) is 2.63. The Morgan fingerprint density at radius 2 is 2.00 bits per heavy atom. The van der Waals surface area contributed by atoms with E-state index in [1.54, 1.807) is 19.2 Å². The zero-order valence-corrected chi connectivity index (χ0v) is 9.16. The number of rotatable bonds is 2. The van der Waals surface area contributed by atoms with Crippen LogP contribution >= 0.6 is 0 Å². The molecule has 1 N–H and O–H groups in total. The molecular weight excluding hydrogens is 205 g/mol. The fourth-order valence-electron chi connectivity index (χ4n) is 1.45. The standard InChI is InChI=1S/C12H12FN3/c1-8-6-11(14-2)16-12(15-8)9-4-3-5-10(13)7-9/h3-7H,1-2H3,(H,14,15,16). The molecule has 3 nitrogen and oxygen atoms in total. The summed E-state index contributed by atoms with van der Waals surface area (Å²) in [6.45, 7) is 1.88. The number of aryl methyl sites for hydroxylation is 1. The summed E-state index contributed by atoms with van der Waals surface area (Å²) in [6, 6.07) is 8.10. The van der Waals surface area contributed by atoms with Gasteiger partial charge in [-0.3, -0.25) is 0 Å². The normalized spacial score (nSPS) is 10.2.